The standard InChI is InChI=1S/C28H31ClN2O6S.ClH/c1-3-37-27(33)18-31-28(34)21-9-13-25(14-10-21)38(35,36)24-11-7-20(8-12-24)15-19(2)30-17-26(32)22-5-4-6-23(29)16-22;/h4-14,16,19,26,30,32H,3,15,17-18H2,1-2H3,(H,31,34);1H/t19-,26+;/m1./s1. The highest BCUT2D eigenvalue weighted by Crippen LogP contribution is 2.22. The largest absolute Gasteiger partial charge is 0.465 e. The van der Waals surface area contributed by atoms with Crippen molar-refractivity contribution in [3.05, 3.63) is 94.5 Å². The fourth-order valence-corrected chi connectivity index (χ4v) is 5.22. The molecule has 1 amide bonds. The second kappa shape index (κ2) is 15.0. The van der Waals surface area contributed by atoms with Crippen molar-refractivity contribution in [3.8, 4) is 0 Å². The van der Waals surface area contributed by atoms with E-state index in [-0.39, 0.29) is 47.0 Å². The Morgan fingerprint density at radius 3 is 2.21 bits per heavy atom. The van der Waals surface area contributed by atoms with Gasteiger partial charge in [-0.1, -0.05) is 35.9 Å². The van der Waals surface area contributed by atoms with Gasteiger partial charge in [-0.25, -0.2) is 8.42 Å². The number of sulfone groups is 1. The smallest absolute Gasteiger partial charge is 0.325 e. The predicted octanol–water partition coefficient (Wildman–Crippen LogP) is 4.14. The summed E-state index contributed by atoms with van der Waals surface area (Å²) in [7, 11) is -3.78. The molecule has 3 rings (SSSR count). The number of carbonyl (C=O) groups is 2. The van der Waals surface area contributed by atoms with Crippen LogP contribution in [0.1, 0.15) is 41.4 Å². The summed E-state index contributed by atoms with van der Waals surface area (Å²) in [6.07, 6.45) is -0.0585. The molecule has 3 aromatic carbocycles. The Morgan fingerprint density at radius 2 is 1.62 bits per heavy atom. The third-order valence-corrected chi connectivity index (χ3v) is 7.81. The number of rotatable bonds is 12. The molecule has 0 aromatic heterocycles. The van der Waals surface area contributed by atoms with Gasteiger partial charge < -0.3 is 20.5 Å². The van der Waals surface area contributed by atoms with Crippen LogP contribution in [0.5, 0.6) is 0 Å². The van der Waals surface area contributed by atoms with Gasteiger partial charge in [0.25, 0.3) is 5.91 Å². The highest BCUT2D eigenvalue weighted by molar-refractivity contribution is 7.91. The molecule has 3 N–H and O–H groups in total. The van der Waals surface area contributed by atoms with E-state index in [1.165, 1.54) is 24.3 Å². The fourth-order valence-electron chi connectivity index (χ4n) is 3.76. The van der Waals surface area contributed by atoms with E-state index in [0.717, 1.165) is 11.1 Å². The number of aliphatic hydroxyl groups excluding tert-OH is 1. The molecule has 0 aliphatic heterocycles. The van der Waals surface area contributed by atoms with Gasteiger partial charge in [-0.2, -0.15) is 0 Å². The second-order valence-corrected chi connectivity index (χ2v) is 11.1. The zero-order valence-electron chi connectivity index (χ0n) is 21.6. The lowest BCUT2D eigenvalue weighted by molar-refractivity contribution is -0.141. The molecule has 11 heteroatoms. The van der Waals surface area contributed by atoms with Gasteiger partial charge in [0.2, 0.25) is 9.84 Å². The van der Waals surface area contributed by atoms with Crippen molar-refractivity contribution in [2.75, 3.05) is 19.7 Å². The van der Waals surface area contributed by atoms with Crippen LogP contribution in [-0.2, 0) is 25.8 Å². The maximum Gasteiger partial charge on any atom is 0.325 e. The number of benzene rings is 3. The lowest BCUT2D eigenvalue weighted by Gasteiger charge is -2.18. The molecule has 0 radical (unpaired) electrons. The molecule has 0 aliphatic rings. The Hall–Kier alpha value is -2.95. The highest BCUT2D eigenvalue weighted by atomic mass is 35.5. The Bertz CT molecular complexity index is 1350. The van der Waals surface area contributed by atoms with E-state index in [1.54, 1.807) is 49.4 Å². The van der Waals surface area contributed by atoms with E-state index in [9.17, 15) is 23.1 Å². The van der Waals surface area contributed by atoms with Crippen LogP contribution in [0.4, 0.5) is 0 Å². The maximum atomic E-state index is 13.1. The Kier molecular flexibility index (Phi) is 12.4. The normalized spacial score (nSPS) is 12.6. The molecule has 0 bridgehead atoms. The van der Waals surface area contributed by atoms with Crippen LogP contribution in [0.15, 0.2) is 82.6 Å². The van der Waals surface area contributed by atoms with Crippen LogP contribution in [0.3, 0.4) is 0 Å². The summed E-state index contributed by atoms with van der Waals surface area (Å²) < 4.78 is 30.9. The van der Waals surface area contributed by atoms with Gasteiger partial charge in [-0.3, -0.25) is 9.59 Å². The van der Waals surface area contributed by atoms with Crippen molar-refractivity contribution in [1.82, 2.24) is 10.6 Å². The average Bonchev–Trinajstić information content (AvgIpc) is 2.91. The van der Waals surface area contributed by atoms with Crippen molar-refractivity contribution < 1.29 is 27.9 Å². The van der Waals surface area contributed by atoms with Crippen molar-refractivity contribution in [1.29, 1.82) is 0 Å². The summed E-state index contributed by atoms with van der Waals surface area (Å²) in [5.74, 6) is -1.06. The van der Waals surface area contributed by atoms with Crippen LogP contribution in [0, 0.1) is 0 Å². The van der Waals surface area contributed by atoms with Gasteiger partial charge >= 0.3 is 5.97 Å². The van der Waals surface area contributed by atoms with Crippen LogP contribution in [0.2, 0.25) is 5.02 Å². The van der Waals surface area contributed by atoms with Gasteiger partial charge in [-0.05, 0) is 79.9 Å². The van der Waals surface area contributed by atoms with E-state index < -0.39 is 27.8 Å². The summed E-state index contributed by atoms with van der Waals surface area (Å²) in [5.41, 5.74) is 1.90. The Morgan fingerprint density at radius 1 is 1.00 bits per heavy atom. The molecule has 0 fully saturated rings. The first-order chi connectivity index (χ1) is 18.1. The third-order valence-electron chi connectivity index (χ3n) is 5.79. The SMILES string of the molecule is CCOC(=O)CNC(=O)c1ccc(S(=O)(=O)c2ccc(C[C@@H](C)NC[C@H](O)c3cccc(Cl)c3)cc2)cc1.Cl. The first-order valence-electron chi connectivity index (χ1n) is 12.1. The molecule has 0 saturated carbocycles. The second-order valence-electron chi connectivity index (χ2n) is 8.74. The van der Waals surface area contributed by atoms with Gasteiger partial charge in [0, 0.05) is 23.2 Å². The summed E-state index contributed by atoms with van der Waals surface area (Å²) in [6.45, 7) is 3.95. The summed E-state index contributed by atoms with van der Waals surface area (Å²) in [4.78, 5) is 23.8. The number of esters is 1. The molecular weight excluding hydrogens is 563 g/mol. The van der Waals surface area contributed by atoms with E-state index in [4.69, 9.17) is 16.3 Å². The molecule has 0 aliphatic carbocycles. The zero-order valence-corrected chi connectivity index (χ0v) is 24.0. The number of aliphatic hydroxyl groups is 1. The minimum atomic E-state index is -3.78. The van der Waals surface area contributed by atoms with E-state index in [1.807, 2.05) is 13.0 Å². The molecule has 0 unspecified atom stereocenters. The molecule has 0 saturated heterocycles. The molecule has 3 aromatic rings. The molecule has 39 heavy (non-hydrogen) atoms. The predicted molar refractivity (Wildman–Crippen MR) is 152 cm³/mol. The highest BCUT2D eigenvalue weighted by Gasteiger charge is 2.19. The Labute approximate surface area is 240 Å². The minimum absolute atomic E-state index is 0. The summed E-state index contributed by atoms with van der Waals surface area (Å²) in [6, 6.07) is 19.3. The maximum absolute atomic E-state index is 13.1. The van der Waals surface area contributed by atoms with Gasteiger partial charge in [0.1, 0.15) is 6.54 Å². The number of ether oxygens (including phenoxy) is 1. The molecule has 210 valence electrons. The first-order valence-corrected chi connectivity index (χ1v) is 14.0. The van der Waals surface area contributed by atoms with Gasteiger partial charge in [0.15, 0.2) is 0 Å². The van der Waals surface area contributed by atoms with Crippen molar-refractivity contribution >= 4 is 45.7 Å². The van der Waals surface area contributed by atoms with Gasteiger partial charge in [0.05, 0.1) is 22.5 Å². The number of halogens is 2. The van der Waals surface area contributed by atoms with Crippen molar-refractivity contribution in [2.45, 2.75) is 42.2 Å². The number of hydrogen-bond acceptors (Lipinski definition) is 7. The zero-order chi connectivity index (χ0) is 27.7. The van der Waals surface area contributed by atoms with Crippen LogP contribution >= 0.6 is 24.0 Å². The number of hydrogen-bond donors (Lipinski definition) is 3. The molecule has 2 atom stereocenters. The number of nitrogens with one attached hydrogen (secondary N) is 2. The van der Waals surface area contributed by atoms with Crippen LogP contribution < -0.4 is 10.6 Å². The molecule has 8 nitrogen and oxygen atoms in total. The quantitative estimate of drug-likeness (QED) is 0.269. The van der Waals surface area contributed by atoms with Crippen molar-refractivity contribution in [2.24, 2.45) is 0 Å². The number of amides is 1. The summed E-state index contributed by atoms with van der Waals surface area (Å²) >= 11 is 5.99. The lowest BCUT2D eigenvalue weighted by Crippen LogP contribution is -2.32. The Balaban J connectivity index is 0.00000533. The monoisotopic (exact) mass is 594 g/mol. The lowest BCUT2D eigenvalue weighted by atomic mass is 10.1. The fraction of sp³-hybridized carbons (Fsp3) is 0.286. The van der Waals surface area contributed by atoms with Crippen molar-refractivity contribution in [3.63, 3.8) is 0 Å². The first kappa shape index (κ1) is 32.3. The number of carbonyl (C=O) groups excluding carboxylic acids is 2. The van der Waals surface area contributed by atoms with E-state index in [2.05, 4.69) is 10.6 Å². The minimum Gasteiger partial charge on any atom is -0.465 e. The molecule has 0 heterocycles. The van der Waals surface area contributed by atoms with Crippen LogP contribution in [-0.4, -0.2) is 51.1 Å². The summed E-state index contributed by atoms with van der Waals surface area (Å²) in [5, 5.41) is 16.7. The van der Waals surface area contributed by atoms with Crippen LogP contribution in [0.25, 0.3) is 0 Å². The van der Waals surface area contributed by atoms with Gasteiger partial charge in [-0.15, -0.1) is 12.4 Å². The molecular formula is C28H32Cl2N2O6S. The topological polar surface area (TPSA) is 122 Å². The van der Waals surface area contributed by atoms with E-state index >= 15 is 0 Å². The average molecular weight is 596 g/mol. The third kappa shape index (κ3) is 9.33. The van der Waals surface area contributed by atoms with E-state index in [0.29, 0.717) is 18.0 Å². The molecule has 0 spiro atoms.